The molecule has 0 saturated heterocycles. The maximum atomic E-state index is 12.3. The van der Waals surface area contributed by atoms with Crippen LogP contribution < -0.4 is 0 Å². The van der Waals surface area contributed by atoms with E-state index in [1.54, 1.807) is 0 Å². The number of aliphatic carboxylic acids is 1. The number of hydrogen-bond acceptors (Lipinski definition) is 4. The molecule has 2 rings (SSSR count). The number of hydrogen-bond donors (Lipinski definition) is 1. The van der Waals surface area contributed by atoms with Gasteiger partial charge in [0.25, 0.3) is 5.69 Å². The standard InChI is InChI=1S/C16H11Cl2NO5/c17-13-6-3-10(7-14(13)18)15(20)8-12(16(21)22)9-1-4-11(5-2-9)19(23)24/h1-7,12H,8H2,(H,21,22). The van der Waals surface area contributed by atoms with E-state index in [1.165, 1.54) is 42.5 Å². The predicted molar refractivity (Wildman–Crippen MR) is 88.9 cm³/mol. The molecule has 1 N–H and O–H groups in total. The van der Waals surface area contributed by atoms with Crippen LogP contribution in [0.2, 0.25) is 10.0 Å². The van der Waals surface area contributed by atoms with E-state index in [0.29, 0.717) is 10.6 Å². The molecule has 2 aromatic rings. The Balaban J connectivity index is 2.24. The fourth-order valence-electron chi connectivity index (χ4n) is 2.15. The van der Waals surface area contributed by atoms with Crippen LogP contribution in [0, 0.1) is 10.1 Å². The second-order valence-corrected chi connectivity index (χ2v) is 5.81. The van der Waals surface area contributed by atoms with Gasteiger partial charge in [-0.1, -0.05) is 35.3 Å². The largest absolute Gasteiger partial charge is 0.481 e. The van der Waals surface area contributed by atoms with Crippen LogP contribution in [0.3, 0.4) is 0 Å². The van der Waals surface area contributed by atoms with Gasteiger partial charge in [0.2, 0.25) is 0 Å². The maximum Gasteiger partial charge on any atom is 0.311 e. The number of nitrogens with zero attached hydrogens (tertiary/aromatic N) is 1. The molecule has 0 heterocycles. The van der Waals surface area contributed by atoms with Crippen LogP contribution in [0.15, 0.2) is 42.5 Å². The third kappa shape index (κ3) is 4.10. The molecule has 2 aromatic carbocycles. The summed E-state index contributed by atoms with van der Waals surface area (Å²) < 4.78 is 0. The Morgan fingerprint density at radius 1 is 1.08 bits per heavy atom. The van der Waals surface area contributed by atoms with Crippen LogP contribution in [-0.4, -0.2) is 21.8 Å². The molecule has 1 unspecified atom stereocenters. The van der Waals surface area contributed by atoms with Gasteiger partial charge in [-0.2, -0.15) is 0 Å². The third-order valence-corrected chi connectivity index (χ3v) is 4.17. The second-order valence-electron chi connectivity index (χ2n) is 5.00. The zero-order chi connectivity index (χ0) is 17.9. The Labute approximate surface area is 146 Å². The number of non-ortho nitro benzene ring substituents is 1. The fourth-order valence-corrected chi connectivity index (χ4v) is 2.45. The fraction of sp³-hybridized carbons (Fsp3) is 0.125. The molecule has 0 bridgehead atoms. The molecule has 8 heteroatoms. The summed E-state index contributed by atoms with van der Waals surface area (Å²) in [6.07, 6.45) is -0.300. The Hall–Kier alpha value is -2.44. The van der Waals surface area contributed by atoms with E-state index < -0.39 is 22.6 Å². The van der Waals surface area contributed by atoms with Gasteiger partial charge in [-0.15, -0.1) is 0 Å². The minimum absolute atomic E-state index is 0.154. The number of carbonyl (C=O) groups excluding carboxylic acids is 1. The summed E-state index contributed by atoms with van der Waals surface area (Å²) >= 11 is 11.6. The van der Waals surface area contributed by atoms with E-state index in [1.807, 2.05) is 0 Å². The molecule has 0 radical (unpaired) electrons. The van der Waals surface area contributed by atoms with Gasteiger partial charge >= 0.3 is 5.97 Å². The summed E-state index contributed by atoms with van der Waals surface area (Å²) in [5, 5.41) is 20.5. The summed E-state index contributed by atoms with van der Waals surface area (Å²) in [5.41, 5.74) is 0.401. The lowest BCUT2D eigenvalue weighted by molar-refractivity contribution is -0.384. The summed E-state index contributed by atoms with van der Waals surface area (Å²) in [6, 6.07) is 9.37. The normalized spacial score (nSPS) is 11.8. The topological polar surface area (TPSA) is 97.5 Å². The smallest absolute Gasteiger partial charge is 0.311 e. The summed E-state index contributed by atoms with van der Waals surface area (Å²) in [5.74, 6) is -2.73. The average Bonchev–Trinajstić information content (AvgIpc) is 2.54. The molecule has 0 aliphatic carbocycles. The monoisotopic (exact) mass is 367 g/mol. The zero-order valence-electron chi connectivity index (χ0n) is 12.1. The number of carbonyl (C=O) groups is 2. The minimum atomic E-state index is -1.20. The lowest BCUT2D eigenvalue weighted by Crippen LogP contribution is -2.16. The lowest BCUT2D eigenvalue weighted by Gasteiger charge is -2.12. The molecular formula is C16H11Cl2NO5. The van der Waals surface area contributed by atoms with E-state index >= 15 is 0 Å². The average molecular weight is 368 g/mol. The number of benzene rings is 2. The van der Waals surface area contributed by atoms with E-state index in [-0.39, 0.29) is 22.7 Å². The van der Waals surface area contributed by atoms with E-state index in [2.05, 4.69) is 0 Å². The molecule has 0 aliphatic heterocycles. The van der Waals surface area contributed by atoms with E-state index in [9.17, 15) is 24.8 Å². The molecular weight excluding hydrogens is 357 g/mol. The van der Waals surface area contributed by atoms with Gasteiger partial charge in [0.1, 0.15) is 0 Å². The van der Waals surface area contributed by atoms with Crippen molar-refractivity contribution in [1.29, 1.82) is 0 Å². The summed E-state index contributed by atoms with van der Waals surface area (Å²) in [4.78, 5) is 33.8. The van der Waals surface area contributed by atoms with E-state index in [4.69, 9.17) is 23.2 Å². The van der Waals surface area contributed by atoms with Gasteiger partial charge < -0.3 is 5.11 Å². The summed E-state index contributed by atoms with van der Waals surface area (Å²) in [7, 11) is 0. The molecule has 0 aromatic heterocycles. The number of carboxylic acid groups (broad SMARTS) is 1. The molecule has 0 amide bonds. The SMILES string of the molecule is O=C(CC(C(=O)O)c1ccc([N+](=O)[O-])cc1)c1ccc(Cl)c(Cl)c1. The highest BCUT2D eigenvalue weighted by Crippen LogP contribution is 2.27. The number of rotatable bonds is 6. The van der Waals surface area contributed by atoms with Gasteiger partial charge in [0.05, 0.1) is 20.9 Å². The zero-order valence-corrected chi connectivity index (χ0v) is 13.6. The molecule has 1 atom stereocenters. The molecule has 0 saturated carbocycles. The Kier molecular flexibility index (Phi) is 5.54. The minimum Gasteiger partial charge on any atom is -0.481 e. The molecule has 24 heavy (non-hydrogen) atoms. The van der Waals surface area contributed by atoms with Crippen molar-refractivity contribution in [2.45, 2.75) is 12.3 Å². The Bertz CT molecular complexity index is 805. The molecule has 0 aliphatic rings. The van der Waals surface area contributed by atoms with Crippen molar-refractivity contribution in [3.8, 4) is 0 Å². The molecule has 0 spiro atoms. The highest BCUT2D eigenvalue weighted by atomic mass is 35.5. The lowest BCUT2D eigenvalue weighted by atomic mass is 9.91. The molecule has 0 fully saturated rings. The van der Waals surface area contributed by atoms with Gasteiger partial charge in [-0.25, -0.2) is 0 Å². The van der Waals surface area contributed by atoms with Gasteiger partial charge in [0, 0.05) is 24.1 Å². The Morgan fingerprint density at radius 2 is 1.71 bits per heavy atom. The third-order valence-electron chi connectivity index (χ3n) is 3.44. The number of Topliss-reactive ketones (excluding diaryl/α,β-unsaturated/α-hetero) is 1. The number of nitro benzene ring substituents is 1. The highest BCUT2D eigenvalue weighted by Gasteiger charge is 2.24. The van der Waals surface area contributed by atoms with Crippen LogP contribution in [0.25, 0.3) is 0 Å². The van der Waals surface area contributed by atoms with Crippen molar-refractivity contribution < 1.29 is 19.6 Å². The molecule has 6 nitrogen and oxygen atoms in total. The first-order chi connectivity index (χ1) is 11.3. The summed E-state index contributed by atoms with van der Waals surface area (Å²) in [6.45, 7) is 0. The number of ketones is 1. The van der Waals surface area contributed by atoms with Crippen molar-refractivity contribution in [3.05, 3.63) is 73.8 Å². The van der Waals surface area contributed by atoms with E-state index in [0.717, 1.165) is 0 Å². The predicted octanol–water partition coefficient (Wildman–Crippen LogP) is 4.34. The van der Waals surface area contributed by atoms with Gasteiger partial charge in [0.15, 0.2) is 5.78 Å². The first-order valence-corrected chi connectivity index (χ1v) is 7.50. The number of halogens is 2. The maximum absolute atomic E-state index is 12.3. The number of carboxylic acids is 1. The quantitative estimate of drug-likeness (QED) is 0.465. The van der Waals surface area contributed by atoms with Crippen LogP contribution >= 0.6 is 23.2 Å². The number of nitro groups is 1. The van der Waals surface area contributed by atoms with Crippen molar-refractivity contribution in [2.75, 3.05) is 0 Å². The van der Waals surface area contributed by atoms with Crippen molar-refractivity contribution in [1.82, 2.24) is 0 Å². The van der Waals surface area contributed by atoms with Gasteiger partial charge in [-0.3, -0.25) is 19.7 Å². The first kappa shape index (κ1) is 17.9. The van der Waals surface area contributed by atoms with Crippen molar-refractivity contribution >= 4 is 40.6 Å². The van der Waals surface area contributed by atoms with Crippen LogP contribution in [0.4, 0.5) is 5.69 Å². The second kappa shape index (κ2) is 7.42. The van der Waals surface area contributed by atoms with Crippen LogP contribution in [0.5, 0.6) is 0 Å². The highest BCUT2D eigenvalue weighted by molar-refractivity contribution is 6.42. The molecule has 124 valence electrons. The first-order valence-electron chi connectivity index (χ1n) is 6.75. The van der Waals surface area contributed by atoms with Gasteiger partial charge in [-0.05, 0) is 23.8 Å². The van der Waals surface area contributed by atoms with Crippen molar-refractivity contribution in [2.24, 2.45) is 0 Å². The van der Waals surface area contributed by atoms with Crippen LogP contribution in [0.1, 0.15) is 28.3 Å². The Morgan fingerprint density at radius 3 is 2.21 bits per heavy atom. The van der Waals surface area contributed by atoms with Crippen LogP contribution in [-0.2, 0) is 4.79 Å². The van der Waals surface area contributed by atoms with Crippen molar-refractivity contribution in [3.63, 3.8) is 0 Å².